The van der Waals surface area contributed by atoms with E-state index in [1.807, 2.05) is 16.7 Å². The zero-order chi connectivity index (χ0) is 12.3. The Morgan fingerprint density at radius 2 is 2.29 bits per heavy atom. The van der Waals surface area contributed by atoms with E-state index in [0.717, 1.165) is 45.8 Å². The molecule has 0 bridgehead atoms. The van der Waals surface area contributed by atoms with Crippen LogP contribution in [-0.4, -0.2) is 60.2 Å². The molecule has 0 radical (unpaired) electrons. The zero-order valence-corrected chi connectivity index (χ0v) is 10.0. The number of likely N-dealkylation sites (N-methyl/N-ethyl adjacent to an activating group) is 1. The standard InChI is InChI=1S/C10H18N4O3/c1-2-12-4-5-13(10(12)11-14(15)16)7-9-3-6-17-8-9/h9H,2-8H2,1H3. The SMILES string of the molecule is CCN1CCN(CC2CCOC2)C1=N[N+](=O)[O-]. The predicted molar refractivity (Wildman–Crippen MR) is 62.2 cm³/mol. The zero-order valence-electron chi connectivity index (χ0n) is 10.0. The molecule has 0 N–H and O–H groups in total. The van der Waals surface area contributed by atoms with Crippen molar-refractivity contribution in [2.24, 2.45) is 11.0 Å². The molecule has 2 rings (SSSR count). The highest BCUT2D eigenvalue weighted by atomic mass is 16.7. The third-order valence-electron chi connectivity index (χ3n) is 3.26. The van der Waals surface area contributed by atoms with Crippen LogP contribution in [0.3, 0.4) is 0 Å². The Morgan fingerprint density at radius 1 is 1.53 bits per heavy atom. The van der Waals surface area contributed by atoms with Gasteiger partial charge in [0.2, 0.25) is 0 Å². The first kappa shape index (κ1) is 12.1. The van der Waals surface area contributed by atoms with Gasteiger partial charge in [-0.15, -0.1) is 0 Å². The predicted octanol–water partition coefficient (Wildman–Crippen LogP) is 0.208. The van der Waals surface area contributed by atoms with Crippen molar-refractivity contribution in [3.8, 4) is 0 Å². The topological polar surface area (TPSA) is 71.2 Å². The van der Waals surface area contributed by atoms with E-state index in [4.69, 9.17) is 4.74 Å². The fraction of sp³-hybridized carbons (Fsp3) is 0.900. The van der Waals surface area contributed by atoms with E-state index in [2.05, 4.69) is 5.10 Å². The molecular weight excluding hydrogens is 224 g/mol. The van der Waals surface area contributed by atoms with Crippen molar-refractivity contribution in [3.63, 3.8) is 0 Å². The number of rotatable bonds is 4. The Hall–Kier alpha value is -1.37. The highest BCUT2D eigenvalue weighted by Crippen LogP contribution is 2.17. The minimum absolute atomic E-state index is 0.476. The molecule has 7 heteroatoms. The molecule has 0 amide bonds. The van der Waals surface area contributed by atoms with Gasteiger partial charge in [-0.25, -0.2) is 10.1 Å². The van der Waals surface area contributed by atoms with Crippen molar-refractivity contribution in [1.29, 1.82) is 0 Å². The van der Waals surface area contributed by atoms with Crippen molar-refractivity contribution in [1.82, 2.24) is 9.80 Å². The second-order valence-corrected chi connectivity index (χ2v) is 4.39. The molecule has 2 aliphatic rings. The van der Waals surface area contributed by atoms with Gasteiger partial charge in [-0.1, -0.05) is 0 Å². The maximum absolute atomic E-state index is 10.5. The average molecular weight is 242 g/mol. The third-order valence-corrected chi connectivity index (χ3v) is 3.26. The summed E-state index contributed by atoms with van der Waals surface area (Å²) in [5, 5.41) is 13.4. The molecule has 0 spiro atoms. The monoisotopic (exact) mass is 242 g/mol. The van der Waals surface area contributed by atoms with Crippen LogP contribution in [0.5, 0.6) is 0 Å². The molecule has 96 valence electrons. The van der Waals surface area contributed by atoms with E-state index in [1.54, 1.807) is 0 Å². The van der Waals surface area contributed by atoms with Gasteiger partial charge in [0, 0.05) is 38.7 Å². The first-order chi connectivity index (χ1) is 8.20. The van der Waals surface area contributed by atoms with Crippen LogP contribution in [0.1, 0.15) is 13.3 Å². The van der Waals surface area contributed by atoms with Crippen LogP contribution < -0.4 is 0 Å². The van der Waals surface area contributed by atoms with Crippen LogP contribution in [0.15, 0.2) is 5.10 Å². The minimum Gasteiger partial charge on any atom is -0.381 e. The average Bonchev–Trinajstić information content (AvgIpc) is 2.90. The van der Waals surface area contributed by atoms with Crippen LogP contribution >= 0.6 is 0 Å². The molecular formula is C10H18N4O3. The molecule has 17 heavy (non-hydrogen) atoms. The largest absolute Gasteiger partial charge is 0.381 e. The summed E-state index contributed by atoms with van der Waals surface area (Å²) < 4.78 is 5.32. The summed E-state index contributed by atoms with van der Waals surface area (Å²) in [5.41, 5.74) is 0. The number of nitro groups is 1. The van der Waals surface area contributed by atoms with Crippen molar-refractivity contribution in [3.05, 3.63) is 10.1 Å². The van der Waals surface area contributed by atoms with Gasteiger partial charge in [-0.05, 0) is 13.3 Å². The molecule has 2 heterocycles. The number of nitrogens with zero attached hydrogens (tertiary/aromatic N) is 4. The van der Waals surface area contributed by atoms with Gasteiger partial charge in [0.25, 0.3) is 5.96 Å². The van der Waals surface area contributed by atoms with Crippen molar-refractivity contribution < 1.29 is 9.77 Å². The number of hydrogen-bond acceptors (Lipinski definition) is 3. The summed E-state index contributed by atoms with van der Waals surface area (Å²) in [5.74, 6) is 0.980. The molecule has 0 aromatic heterocycles. The Bertz CT molecular complexity index is 315. The number of guanidine groups is 1. The van der Waals surface area contributed by atoms with E-state index in [0.29, 0.717) is 11.9 Å². The molecule has 0 saturated carbocycles. The molecule has 0 aliphatic carbocycles. The lowest BCUT2D eigenvalue weighted by atomic mass is 10.1. The van der Waals surface area contributed by atoms with Crippen LogP contribution in [0.4, 0.5) is 0 Å². The summed E-state index contributed by atoms with van der Waals surface area (Å²) in [6.45, 7) is 6.74. The Balaban J connectivity index is 2.02. The van der Waals surface area contributed by atoms with Gasteiger partial charge in [0.05, 0.1) is 6.61 Å². The van der Waals surface area contributed by atoms with Gasteiger partial charge in [0.15, 0.2) is 5.03 Å². The Kier molecular flexibility index (Phi) is 3.78. The Labute approximate surface area is 100 Å². The van der Waals surface area contributed by atoms with Crippen LogP contribution in [0.25, 0.3) is 0 Å². The number of ether oxygens (including phenoxy) is 1. The van der Waals surface area contributed by atoms with E-state index in [1.165, 1.54) is 0 Å². The molecule has 2 saturated heterocycles. The smallest absolute Gasteiger partial charge is 0.274 e. The fourth-order valence-electron chi connectivity index (χ4n) is 2.35. The summed E-state index contributed by atoms with van der Waals surface area (Å²) in [4.78, 5) is 14.5. The van der Waals surface area contributed by atoms with Crippen molar-refractivity contribution >= 4 is 5.96 Å². The lowest BCUT2D eigenvalue weighted by Crippen LogP contribution is -2.37. The fourth-order valence-corrected chi connectivity index (χ4v) is 2.35. The molecule has 2 fully saturated rings. The summed E-state index contributed by atoms with van der Waals surface area (Å²) in [7, 11) is 0. The van der Waals surface area contributed by atoms with Crippen LogP contribution in [0, 0.1) is 16.0 Å². The summed E-state index contributed by atoms with van der Waals surface area (Å²) >= 11 is 0. The van der Waals surface area contributed by atoms with Crippen LogP contribution in [0.2, 0.25) is 0 Å². The van der Waals surface area contributed by atoms with E-state index < -0.39 is 5.03 Å². The highest BCUT2D eigenvalue weighted by molar-refractivity contribution is 5.81. The lowest BCUT2D eigenvalue weighted by Gasteiger charge is -2.21. The molecule has 2 aliphatic heterocycles. The van der Waals surface area contributed by atoms with Gasteiger partial charge in [-0.3, -0.25) is 0 Å². The summed E-state index contributed by atoms with van der Waals surface area (Å²) in [6, 6.07) is 0. The van der Waals surface area contributed by atoms with Gasteiger partial charge < -0.3 is 14.5 Å². The quantitative estimate of drug-likeness (QED) is 0.520. The third kappa shape index (κ3) is 2.85. The number of hydrogen-bond donors (Lipinski definition) is 0. The van der Waals surface area contributed by atoms with E-state index >= 15 is 0 Å². The van der Waals surface area contributed by atoms with Gasteiger partial charge in [0.1, 0.15) is 5.10 Å². The van der Waals surface area contributed by atoms with E-state index in [-0.39, 0.29) is 0 Å². The first-order valence-corrected chi connectivity index (χ1v) is 6.01. The molecule has 1 unspecified atom stereocenters. The molecule has 1 atom stereocenters. The molecule has 7 nitrogen and oxygen atoms in total. The van der Waals surface area contributed by atoms with Crippen molar-refractivity contribution in [2.75, 3.05) is 39.4 Å². The van der Waals surface area contributed by atoms with Gasteiger partial charge >= 0.3 is 0 Å². The normalized spacial score (nSPS) is 27.1. The Morgan fingerprint density at radius 3 is 2.88 bits per heavy atom. The lowest BCUT2D eigenvalue weighted by molar-refractivity contribution is -0.486. The summed E-state index contributed by atoms with van der Waals surface area (Å²) in [6.07, 6.45) is 1.04. The second kappa shape index (κ2) is 5.31. The number of hydrazone groups is 1. The highest BCUT2D eigenvalue weighted by Gasteiger charge is 2.31. The van der Waals surface area contributed by atoms with Crippen molar-refractivity contribution in [2.45, 2.75) is 13.3 Å². The maximum Gasteiger partial charge on any atom is 0.274 e. The first-order valence-electron chi connectivity index (χ1n) is 6.01. The minimum atomic E-state index is -0.610. The molecule has 0 aromatic carbocycles. The maximum atomic E-state index is 10.5. The van der Waals surface area contributed by atoms with E-state index in [9.17, 15) is 10.1 Å². The molecule has 0 aromatic rings. The van der Waals surface area contributed by atoms with Gasteiger partial charge in [-0.2, -0.15) is 0 Å². The van der Waals surface area contributed by atoms with Crippen LogP contribution in [-0.2, 0) is 4.74 Å². The second-order valence-electron chi connectivity index (χ2n) is 4.39.